The Bertz CT molecular complexity index is 339. The van der Waals surface area contributed by atoms with Crippen LogP contribution in [0.15, 0.2) is 0 Å². The first-order chi connectivity index (χ1) is 7.98. The number of morpholine rings is 1. The number of nitrogens with zero attached hydrogens (tertiary/aromatic N) is 1. The minimum Gasteiger partial charge on any atom is -0.375 e. The number of ether oxygens (including phenoxy) is 1. The van der Waals surface area contributed by atoms with Gasteiger partial charge in [-0.25, -0.2) is 8.42 Å². The molecule has 2 saturated heterocycles. The van der Waals surface area contributed by atoms with Crippen LogP contribution in [0.25, 0.3) is 0 Å². The average Bonchev–Trinajstić information content (AvgIpc) is 2.29. The van der Waals surface area contributed by atoms with Crippen molar-refractivity contribution in [2.75, 3.05) is 31.2 Å². The first kappa shape index (κ1) is 13.3. The fourth-order valence-electron chi connectivity index (χ4n) is 2.67. The zero-order valence-corrected chi connectivity index (χ0v) is 11.6. The van der Waals surface area contributed by atoms with Crippen molar-refractivity contribution in [2.24, 2.45) is 5.92 Å². The molecular formula is C12H23NO3S. The molecule has 0 N–H and O–H groups in total. The van der Waals surface area contributed by atoms with Gasteiger partial charge < -0.3 is 4.74 Å². The summed E-state index contributed by atoms with van der Waals surface area (Å²) in [6.45, 7) is 7.06. The maximum atomic E-state index is 11.4. The normalized spacial score (nSPS) is 31.8. The smallest absolute Gasteiger partial charge is 0.150 e. The number of sulfone groups is 1. The second-order valence-electron chi connectivity index (χ2n) is 5.53. The fraction of sp³-hybridized carbons (Fsp3) is 1.00. The Morgan fingerprint density at radius 1 is 1.24 bits per heavy atom. The van der Waals surface area contributed by atoms with E-state index in [2.05, 4.69) is 18.7 Å². The molecule has 5 heteroatoms. The SMILES string of the molecule is CC(C)C1CN(C2CCS(=O)(=O)CC2)CCO1. The minimum atomic E-state index is -2.74. The van der Waals surface area contributed by atoms with E-state index < -0.39 is 9.84 Å². The average molecular weight is 261 g/mol. The lowest BCUT2D eigenvalue weighted by Crippen LogP contribution is -2.51. The zero-order chi connectivity index (χ0) is 12.5. The summed E-state index contributed by atoms with van der Waals surface area (Å²) in [5.74, 6) is 1.26. The van der Waals surface area contributed by atoms with Gasteiger partial charge in [0, 0.05) is 19.1 Å². The molecule has 0 bridgehead atoms. The molecule has 0 spiro atoms. The van der Waals surface area contributed by atoms with E-state index in [1.807, 2.05) is 0 Å². The van der Waals surface area contributed by atoms with Crippen molar-refractivity contribution in [3.05, 3.63) is 0 Å². The molecule has 0 saturated carbocycles. The molecule has 2 rings (SSSR count). The van der Waals surface area contributed by atoms with Gasteiger partial charge in [0.1, 0.15) is 9.84 Å². The third-order valence-electron chi connectivity index (χ3n) is 3.91. The van der Waals surface area contributed by atoms with E-state index in [0.717, 1.165) is 32.5 Å². The third-order valence-corrected chi connectivity index (χ3v) is 5.62. The third kappa shape index (κ3) is 3.42. The quantitative estimate of drug-likeness (QED) is 0.741. The second-order valence-corrected chi connectivity index (χ2v) is 7.83. The van der Waals surface area contributed by atoms with Crippen LogP contribution in [0.1, 0.15) is 26.7 Å². The molecule has 17 heavy (non-hydrogen) atoms. The second kappa shape index (κ2) is 5.24. The van der Waals surface area contributed by atoms with Crippen molar-refractivity contribution in [1.29, 1.82) is 0 Å². The molecule has 2 fully saturated rings. The Morgan fingerprint density at radius 2 is 1.88 bits per heavy atom. The van der Waals surface area contributed by atoms with Gasteiger partial charge in [0.2, 0.25) is 0 Å². The van der Waals surface area contributed by atoms with Crippen molar-refractivity contribution < 1.29 is 13.2 Å². The Hall–Kier alpha value is -0.130. The van der Waals surface area contributed by atoms with E-state index in [1.54, 1.807) is 0 Å². The molecule has 0 aromatic heterocycles. The number of hydrogen-bond donors (Lipinski definition) is 0. The summed E-state index contributed by atoms with van der Waals surface area (Å²) in [6, 6.07) is 0.448. The Labute approximate surface area is 104 Å². The molecule has 0 radical (unpaired) electrons. The van der Waals surface area contributed by atoms with E-state index in [0.29, 0.717) is 29.6 Å². The first-order valence-corrected chi connectivity index (χ1v) is 8.36. The van der Waals surface area contributed by atoms with Gasteiger partial charge in [0.05, 0.1) is 24.2 Å². The molecule has 1 atom stereocenters. The van der Waals surface area contributed by atoms with Gasteiger partial charge in [0.15, 0.2) is 0 Å². The zero-order valence-electron chi connectivity index (χ0n) is 10.8. The maximum absolute atomic E-state index is 11.4. The molecule has 2 aliphatic rings. The van der Waals surface area contributed by atoms with E-state index in [1.165, 1.54) is 0 Å². The van der Waals surface area contributed by atoms with Crippen LogP contribution in [-0.2, 0) is 14.6 Å². The van der Waals surface area contributed by atoms with Crippen LogP contribution in [0.4, 0.5) is 0 Å². The van der Waals surface area contributed by atoms with Gasteiger partial charge in [-0.3, -0.25) is 4.90 Å². The topological polar surface area (TPSA) is 46.6 Å². The van der Waals surface area contributed by atoms with Crippen molar-refractivity contribution >= 4 is 9.84 Å². The summed E-state index contributed by atoms with van der Waals surface area (Å²) < 4.78 is 28.6. The van der Waals surface area contributed by atoms with E-state index in [4.69, 9.17) is 4.74 Å². The molecule has 1 unspecified atom stereocenters. The predicted molar refractivity (Wildman–Crippen MR) is 67.8 cm³/mol. The van der Waals surface area contributed by atoms with Crippen molar-refractivity contribution in [2.45, 2.75) is 38.8 Å². The van der Waals surface area contributed by atoms with Crippen LogP contribution in [0.2, 0.25) is 0 Å². The highest BCUT2D eigenvalue weighted by molar-refractivity contribution is 7.91. The van der Waals surface area contributed by atoms with Crippen LogP contribution in [0.5, 0.6) is 0 Å². The summed E-state index contributed by atoms with van der Waals surface area (Å²) in [7, 11) is -2.74. The van der Waals surface area contributed by atoms with Crippen molar-refractivity contribution in [3.63, 3.8) is 0 Å². The first-order valence-electron chi connectivity index (χ1n) is 6.54. The molecule has 100 valence electrons. The van der Waals surface area contributed by atoms with Crippen LogP contribution in [-0.4, -0.2) is 56.7 Å². The number of rotatable bonds is 2. The molecular weight excluding hydrogens is 238 g/mol. The standard InChI is InChI=1S/C12H23NO3S/c1-10(2)12-9-13(5-6-16-12)11-3-7-17(14,15)8-4-11/h10-12H,3-9H2,1-2H3. The van der Waals surface area contributed by atoms with Crippen LogP contribution >= 0.6 is 0 Å². The van der Waals surface area contributed by atoms with Crippen LogP contribution < -0.4 is 0 Å². The Balaban J connectivity index is 1.90. The molecule has 0 amide bonds. The summed E-state index contributed by atoms with van der Waals surface area (Å²) in [4.78, 5) is 2.43. The van der Waals surface area contributed by atoms with Crippen molar-refractivity contribution in [3.8, 4) is 0 Å². The molecule has 0 aromatic rings. The minimum absolute atomic E-state index is 0.308. The highest BCUT2D eigenvalue weighted by Crippen LogP contribution is 2.22. The lowest BCUT2D eigenvalue weighted by molar-refractivity contribution is -0.0642. The molecule has 2 heterocycles. The van der Waals surface area contributed by atoms with E-state index in [9.17, 15) is 8.42 Å². The van der Waals surface area contributed by atoms with Gasteiger partial charge in [-0.2, -0.15) is 0 Å². The van der Waals surface area contributed by atoms with E-state index >= 15 is 0 Å². The monoisotopic (exact) mass is 261 g/mol. The van der Waals surface area contributed by atoms with Crippen molar-refractivity contribution in [1.82, 2.24) is 4.90 Å². The lowest BCUT2D eigenvalue weighted by atomic mass is 10.0. The molecule has 2 aliphatic heterocycles. The fourth-order valence-corrected chi connectivity index (χ4v) is 4.14. The van der Waals surface area contributed by atoms with Gasteiger partial charge >= 0.3 is 0 Å². The van der Waals surface area contributed by atoms with Gasteiger partial charge in [-0.15, -0.1) is 0 Å². The summed E-state index contributed by atoms with van der Waals surface area (Å²) in [5, 5.41) is 0. The van der Waals surface area contributed by atoms with Gasteiger partial charge in [0.25, 0.3) is 0 Å². The largest absolute Gasteiger partial charge is 0.375 e. The summed E-state index contributed by atoms with van der Waals surface area (Å²) in [6.07, 6.45) is 1.91. The molecule has 4 nitrogen and oxygen atoms in total. The summed E-state index contributed by atoms with van der Waals surface area (Å²) >= 11 is 0. The molecule has 0 aliphatic carbocycles. The van der Waals surface area contributed by atoms with E-state index in [-0.39, 0.29) is 0 Å². The van der Waals surface area contributed by atoms with Crippen LogP contribution in [0.3, 0.4) is 0 Å². The predicted octanol–water partition coefficient (Wildman–Crippen LogP) is 0.920. The molecule has 0 aromatic carbocycles. The Morgan fingerprint density at radius 3 is 2.47 bits per heavy atom. The van der Waals surface area contributed by atoms with Crippen LogP contribution in [0, 0.1) is 5.92 Å². The van der Waals surface area contributed by atoms with Gasteiger partial charge in [-0.05, 0) is 18.8 Å². The highest BCUT2D eigenvalue weighted by atomic mass is 32.2. The summed E-state index contributed by atoms with van der Waals surface area (Å²) in [5.41, 5.74) is 0. The highest BCUT2D eigenvalue weighted by Gasteiger charge is 2.32. The number of hydrogen-bond acceptors (Lipinski definition) is 4. The van der Waals surface area contributed by atoms with Gasteiger partial charge in [-0.1, -0.05) is 13.8 Å². The maximum Gasteiger partial charge on any atom is 0.150 e. The lowest BCUT2D eigenvalue weighted by Gasteiger charge is -2.40. The Kier molecular flexibility index (Phi) is 4.10.